The zero-order chi connectivity index (χ0) is 19.1. The fourth-order valence-corrected chi connectivity index (χ4v) is 2.76. The number of allylic oxidation sites excluding steroid dienone is 1. The summed E-state index contributed by atoms with van der Waals surface area (Å²) >= 11 is 6.21. The van der Waals surface area contributed by atoms with Gasteiger partial charge in [-0.05, 0) is 55.5 Å². The predicted molar refractivity (Wildman–Crippen MR) is 109 cm³/mol. The van der Waals surface area contributed by atoms with E-state index in [-0.39, 0.29) is 5.78 Å². The molecule has 0 spiro atoms. The number of hydrogen-bond acceptors (Lipinski definition) is 4. The van der Waals surface area contributed by atoms with E-state index in [1.807, 2.05) is 37.3 Å². The maximum absolute atomic E-state index is 13.1. The Morgan fingerprint density at radius 2 is 1.81 bits per heavy atom. The van der Waals surface area contributed by atoms with Gasteiger partial charge < -0.3 is 10.1 Å². The molecule has 27 heavy (non-hydrogen) atoms. The molecule has 0 saturated carbocycles. The van der Waals surface area contributed by atoms with Crippen molar-refractivity contribution in [1.29, 1.82) is 0 Å². The summed E-state index contributed by atoms with van der Waals surface area (Å²) in [7, 11) is 0. The van der Waals surface area contributed by atoms with Crippen molar-refractivity contribution in [3.63, 3.8) is 0 Å². The van der Waals surface area contributed by atoms with Gasteiger partial charge in [0.15, 0.2) is 5.78 Å². The Kier molecular flexibility index (Phi) is 6.23. The van der Waals surface area contributed by atoms with Gasteiger partial charge in [-0.1, -0.05) is 29.8 Å². The predicted octanol–water partition coefficient (Wildman–Crippen LogP) is 5.47. The second-order valence-corrected chi connectivity index (χ2v) is 6.09. The van der Waals surface area contributed by atoms with Crippen LogP contribution in [0, 0.1) is 0 Å². The lowest BCUT2D eigenvalue weighted by molar-refractivity contribution is 0.105. The van der Waals surface area contributed by atoms with Gasteiger partial charge in [0.1, 0.15) is 5.75 Å². The van der Waals surface area contributed by atoms with Gasteiger partial charge in [-0.15, -0.1) is 0 Å². The first-order valence-corrected chi connectivity index (χ1v) is 8.97. The monoisotopic (exact) mass is 378 g/mol. The van der Waals surface area contributed by atoms with E-state index >= 15 is 0 Å². The number of carbonyl (C=O) groups excluding carboxylic acids is 1. The zero-order valence-electron chi connectivity index (χ0n) is 14.9. The van der Waals surface area contributed by atoms with Gasteiger partial charge in [-0.2, -0.15) is 0 Å². The third kappa shape index (κ3) is 4.74. The molecule has 0 radical (unpaired) electrons. The average Bonchev–Trinajstić information content (AvgIpc) is 2.70. The molecule has 0 amide bonds. The number of rotatable bonds is 7. The summed E-state index contributed by atoms with van der Waals surface area (Å²) in [5.41, 5.74) is 2.27. The molecule has 4 nitrogen and oxygen atoms in total. The minimum absolute atomic E-state index is 0.197. The molecule has 0 bridgehead atoms. The van der Waals surface area contributed by atoms with Crippen LogP contribution in [0.3, 0.4) is 0 Å². The molecule has 0 unspecified atom stereocenters. The van der Waals surface area contributed by atoms with Crippen molar-refractivity contribution in [2.75, 3.05) is 11.9 Å². The van der Waals surface area contributed by atoms with Crippen molar-refractivity contribution in [2.45, 2.75) is 6.92 Å². The van der Waals surface area contributed by atoms with Crippen LogP contribution in [-0.2, 0) is 0 Å². The summed E-state index contributed by atoms with van der Waals surface area (Å²) in [5, 5.41) is 3.57. The topological polar surface area (TPSA) is 51.2 Å². The molecule has 0 saturated heterocycles. The Labute approximate surface area is 163 Å². The van der Waals surface area contributed by atoms with Gasteiger partial charge in [0, 0.05) is 23.6 Å². The average molecular weight is 379 g/mol. The number of ketones is 1. The molecule has 0 atom stereocenters. The Bertz CT molecular complexity index is 938. The lowest BCUT2D eigenvalue weighted by Gasteiger charge is -2.10. The molecule has 2 aromatic carbocycles. The van der Waals surface area contributed by atoms with E-state index in [1.54, 1.807) is 48.8 Å². The first-order chi connectivity index (χ1) is 13.2. The standard InChI is InChI=1S/C22H19ClN2O2/c1-2-27-17-12-10-16(11-13-17)25-15-19(21-9-5-6-14-24-21)22(26)18-7-3-4-8-20(18)23/h3-15,25H,2H2,1H3/b19-15+. The molecule has 3 rings (SSSR count). The van der Waals surface area contributed by atoms with Crippen LogP contribution >= 0.6 is 11.6 Å². The lowest BCUT2D eigenvalue weighted by Crippen LogP contribution is -2.07. The Hall–Kier alpha value is -3.11. The van der Waals surface area contributed by atoms with E-state index in [2.05, 4.69) is 10.3 Å². The van der Waals surface area contributed by atoms with Gasteiger partial charge in [0.25, 0.3) is 0 Å². The fraction of sp³-hybridized carbons (Fsp3) is 0.0909. The molecule has 136 valence electrons. The Morgan fingerprint density at radius 1 is 1.07 bits per heavy atom. The summed E-state index contributed by atoms with van der Waals surface area (Å²) in [4.78, 5) is 17.4. The van der Waals surface area contributed by atoms with Crippen molar-refractivity contribution >= 4 is 28.6 Å². The number of ether oxygens (including phenoxy) is 1. The number of carbonyl (C=O) groups is 1. The highest BCUT2D eigenvalue weighted by Gasteiger charge is 2.17. The molecule has 3 aromatic rings. The fourth-order valence-electron chi connectivity index (χ4n) is 2.54. The second-order valence-electron chi connectivity index (χ2n) is 5.68. The maximum atomic E-state index is 13.1. The molecular formula is C22H19ClN2O2. The third-order valence-electron chi connectivity index (χ3n) is 3.85. The highest BCUT2D eigenvalue weighted by atomic mass is 35.5. The summed E-state index contributed by atoms with van der Waals surface area (Å²) < 4.78 is 5.44. The van der Waals surface area contributed by atoms with Crippen molar-refractivity contribution in [3.05, 3.63) is 95.4 Å². The normalized spacial score (nSPS) is 11.1. The molecule has 0 aliphatic rings. The van der Waals surface area contributed by atoms with Crippen molar-refractivity contribution < 1.29 is 9.53 Å². The number of anilines is 1. The van der Waals surface area contributed by atoms with Crippen LogP contribution in [0.25, 0.3) is 5.57 Å². The van der Waals surface area contributed by atoms with E-state index in [1.165, 1.54) is 0 Å². The molecule has 0 aliphatic carbocycles. The number of Topliss-reactive ketones (excluding diaryl/α,β-unsaturated/α-hetero) is 1. The highest BCUT2D eigenvalue weighted by molar-refractivity contribution is 6.38. The first-order valence-electron chi connectivity index (χ1n) is 8.59. The summed E-state index contributed by atoms with van der Waals surface area (Å²) in [6.07, 6.45) is 3.31. The summed E-state index contributed by atoms with van der Waals surface area (Å²) in [6, 6.07) is 19.9. The van der Waals surface area contributed by atoms with E-state index in [9.17, 15) is 4.79 Å². The quantitative estimate of drug-likeness (QED) is 0.437. The third-order valence-corrected chi connectivity index (χ3v) is 4.18. The highest BCUT2D eigenvalue weighted by Crippen LogP contribution is 2.24. The number of hydrogen-bond donors (Lipinski definition) is 1. The van der Waals surface area contributed by atoms with Gasteiger partial charge in [0.2, 0.25) is 0 Å². The largest absolute Gasteiger partial charge is 0.494 e. The Morgan fingerprint density at radius 3 is 2.48 bits per heavy atom. The van der Waals surface area contributed by atoms with E-state index < -0.39 is 0 Å². The molecular weight excluding hydrogens is 360 g/mol. The van der Waals surface area contributed by atoms with Crippen molar-refractivity contribution in [2.24, 2.45) is 0 Å². The second kappa shape index (κ2) is 9.01. The van der Waals surface area contributed by atoms with Crippen LogP contribution < -0.4 is 10.1 Å². The number of nitrogens with zero attached hydrogens (tertiary/aromatic N) is 1. The van der Waals surface area contributed by atoms with E-state index in [0.717, 1.165) is 11.4 Å². The van der Waals surface area contributed by atoms with Crippen LogP contribution in [0.1, 0.15) is 23.0 Å². The van der Waals surface area contributed by atoms with Crippen LogP contribution in [0.5, 0.6) is 5.75 Å². The van der Waals surface area contributed by atoms with Crippen molar-refractivity contribution in [3.8, 4) is 5.75 Å². The number of nitrogens with one attached hydrogen (secondary N) is 1. The van der Waals surface area contributed by atoms with Gasteiger partial charge in [-0.25, -0.2) is 0 Å². The summed E-state index contributed by atoms with van der Waals surface area (Å²) in [5.74, 6) is 0.599. The van der Waals surface area contributed by atoms with Gasteiger partial charge in [0.05, 0.1) is 22.9 Å². The molecule has 0 fully saturated rings. The summed E-state index contributed by atoms with van der Waals surface area (Å²) in [6.45, 7) is 2.55. The van der Waals surface area contributed by atoms with E-state index in [0.29, 0.717) is 28.5 Å². The lowest BCUT2D eigenvalue weighted by atomic mass is 10.0. The van der Waals surface area contributed by atoms with Crippen molar-refractivity contribution in [1.82, 2.24) is 4.98 Å². The van der Waals surface area contributed by atoms with Crippen LogP contribution in [0.15, 0.2) is 79.1 Å². The van der Waals surface area contributed by atoms with Gasteiger partial charge >= 0.3 is 0 Å². The minimum Gasteiger partial charge on any atom is -0.494 e. The number of aromatic nitrogens is 1. The van der Waals surface area contributed by atoms with E-state index in [4.69, 9.17) is 16.3 Å². The number of halogens is 1. The Balaban J connectivity index is 1.91. The maximum Gasteiger partial charge on any atom is 0.198 e. The number of pyridine rings is 1. The minimum atomic E-state index is -0.197. The van der Waals surface area contributed by atoms with Gasteiger partial charge in [-0.3, -0.25) is 9.78 Å². The van der Waals surface area contributed by atoms with Crippen LogP contribution in [-0.4, -0.2) is 17.4 Å². The molecule has 1 heterocycles. The molecule has 1 N–H and O–H groups in total. The zero-order valence-corrected chi connectivity index (χ0v) is 15.6. The first kappa shape index (κ1) is 18.7. The number of benzene rings is 2. The van der Waals surface area contributed by atoms with Crippen LogP contribution in [0.2, 0.25) is 5.02 Å². The molecule has 5 heteroatoms. The molecule has 0 aliphatic heterocycles. The molecule has 1 aromatic heterocycles. The van der Waals surface area contributed by atoms with Crippen LogP contribution in [0.4, 0.5) is 5.69 Å². The SMILES string of the molecule is CCOc1ccc(N/C=C(/C(=O)c2ccccc2Cl)c2ccccn2)cc1. The smallest absolute Gasteiger partial charge is 0.198 e.